The highest BCUT2D eigenvalue weighted by molar-refractivity contribution is 7.91. The van der Waals surface area contributed by atoms with Gasteiger partial charge in [0.15, 0.2) is 5.82 Å². The minimum Gasteiger partial charge on any atom is -0.481 e. The number of hydrogen-bond acceptors (Lipinski definition) is 3. The van der Waals surface area contributed by atoms with E-state index in [0.717, 1.165) is 12.1 Å². The summed E-state index contributed by atoms with van der Waals surface area (Å²) < 4.78 is 53.7. The standard InChI is InChI=1S/C15H13F2NO4S/c16-12-6-7-13(15(17)11(12)8-14(19)20)18-23(21,22)9-10-4-2-1-3-5-10/h1-7,18H,8-9H2,(H,19,20). The molecule has 0 atom stereocenters. The number of anilines is 1. The maximum atomic E-state index is 14.1. The molecule has 0 fully saturated rings. The number of carboxylic acids is 1. The second-order valence-corrected chi connectivity index (χ2v) is 6.53. The Morgan fingerprint density at radius 1 is 1.09 bits per heavy atom. The SMILES string of the molecule is O=C(O)Cc1c(F)ccc(NS(=O)(=O)Cc2ccccc2)c1F. The van der Waals surface area contributed by atoms with Gasteiger partial charge in [-0.2, -0.15) is 0 Å². The van der Waals surface area contributed by atoms with Gasteiger partial charge in [-0.3, -0.25) is 9.52 Å². The quantitative estimate of drug-likeness (QED) is 0.846. The fourth-order valence-corrected chi connectivity index (χ4v) is 3.18. The van der Waals surface area contributed by atoms with Crippen LogP contribution in [0.3, 0.4) is 0 Å². The Kier molecular flexibility index (Phi) is 4.95. The number of aliphatic carboxylic acids is 1. The molecule has 0 aliphatic carbocycles. The smallest absolute Gasteiger partial charge is 0.308 e. The number of rotatable bonds is 6. The summed E-state index contributed by atoms with van der Waals surface area (Å²) >= 11 is 0. The fourth-order valence-electron chi connectivity index (χ4n) is 1.99. The van der Waals surface area contributed by atoms with Crippen LogP contribution in [-0.2, 0) is 27.0 Å². The van der Waals surface area contributed by atoms with Crippen molar-refractivity contribution in [1.29, 1.82) is 0 Å². The molecule has 122 valence electrons. The van der Waals surface area contributed by atoms with Crippen LogP contribution in [0.15, 0.2) is 42.5 Å². The molecule has 0 aliphatic heterocycles. The van der Waals surface area contributed by atoms with Crippen molar-refractivity contribution in [2.75, 3.05) is 4.72 Å². The molecule has 0 radical (unpaired) electrons. The Morgan fingerprint density at radius 3 is 2.35 bits per heavy atom. The summed E-state index contributed by atoms with van der Waals surface area (Å²) in [4.78, 5) is 10.6. The van der Waals surface area contributed by atoms with Crippen LogP contribution in [0.4, 0.5) is 14.5 Å². The molecule has 0 amide bonds. The molecule has 2 N–H and O–H groups in total. The van der Waals surface area contributed by atoms with Gasteiger partial charge in [0, 0.05) is 5.56 Å². The molecule has 0 unspecified atom stereocenters. The number of nitrogens with one attached hydrogen (secondary N) is 1. The number of sulfonamides is 1. The average molecular weight is 341 g/mol. The summed E-state index contributed by atoms with van der Waals surface area (Å²) in [5, 5.41) is 8.66. The van der Waals surface area contributed by atoms with Gasteiger partial charge in [-0.1, -0.05) is 30.3 Å². The number of benzene rings is 2. The van der Waals surface area contributed by atoms with Crippen molar-refractivity contribution < 1.29 is 27.1 Å². The second kappa shape index (κ2) is 6.74. The Morgan fingerprint density at radius 2 is 1.74 bits per heavy atom. The third-order valence-electron chi connectivity index (χ3n) is 2.98. The first-order valence-electron chi connectivity index (χ1n) is 6.51. The van der Waals surface area contributed by atoms with Gasteiger partial charge >= 0.3 is 5.97 Å². The highest BCUT2D eigenvalue weighted by atomic mass is 32.2. The van der Waals surface area contributed by atoms with Crippen LogP contribution in [0.5, 0.6) is 0 Å². The molecule has 0 heterocycles. The van der Waals surface area contributed by atoms with E-state index in [1.807, 2.05) is 4.72 Å². The molecule has 0 saturated carbocycles. The van der Waals surface area contributed by atoms with E-state index in [1.165, 1.54) is 0 Å². The number of hydrogen-bond donors (Lipinski definition) is 2. The first-order valence-corrected chi connectivity index (χ1v) is 8.17. The molecule has 0 aliphatic rings. The van der Waals surface area contributed by atoms with Crippen molar-refractivity contribution in [1.82, 2.24) is 0 Å². The largest absolute Gasteiger partial charge is 0.481 e. The predicted octanol–water partition coefficient (Wildman–Crippen LogP) is 2.53. The van der Waals surface area contributed by atoms with E-state index in [0.29, 0.717) is 5.56 Å². The molecule has 5 nitrogen and oxygen atoms in total. The van der Waals surface area contributed by atoms with Crippen LogP contribution in [-0.4, -0.2) is 19.5 Å². The zero-order valence-electron chi connectivity index (χ0n) is 11.8. The first kappa shape index (κ1) is 16.9. The van der Waals surface area contributed by atoms with E-state index < -0.39 is 45.3 Å². The van der Waals surface area contributed by atoms with Gasteiger partial charge in [-0.25, -0.2) is 17.2 Å². The molecule has 2 aromatic carbocycles. The molecule has 0 aromatic heterocycles. The monoisotopic (exact) mass is 341 g/mol. The second-order valence-electron chi connectivity index (χ2n) is 4.80. The molecule has 0 bridgehead atoms. The lowest BCUT2D eigenvalue weighted by atomic mass is 10.1. The van der Waals surface area contributed by atoms with Gasteiger partial charge in [-0.05, 0) is 17.7 Å². The third kappa shape index (κ3) is 4.49. The summed E-state index contributed by atoms with van der Waals surface area (Å²) in [7, 11) is -3.93. The van der Waals surface area contributed by atoms with E-state index in [-0.39, 0.29) is 5.75 Å². The fraction of sp³-hybridized carbons (Fsp3) is 0.133. The Labute approximate surface area is 131 Å². The van der Waals surface area contributed by atoms with Crippen LogP contribution >= 0.6 is 0 Å². The topological polar surface area (TPSA) is 83.5 Å². The van der Waals surface area contributed by atoms with Gasteiger partial charge < -0.3 is 5.11 Å². The van der Waals surface area contributed by atoms with Gasteiger partial charge in [0.2, 0.25) is 10.0 Å². The molecule has 2 rings (SSSR count). The summed E-state index contributed by atoms with van der Waals surface area (Å²) in [6.45, 7) is 0. The van der Waals surface area contributed by atoms with Crippen molar-refractivity contribution in [3.05, 3.63) is 65.2 Å². The lowest BCUT2D eigenvalue weighted by Gasteiger charge is -2.11. The number of carboxylic acid groups (broad SMARTS) is 1. The van der Waals surface area contributed by atoms with E-state index in [2.05, 4.69) is 0 Å². The van der Waals surface area contributed by atoms with Gasteiger partial charge in [0.25, 0.3) is 0 Å². The minimum atomic E-state index is -3.93. The third-order valence-corrected chi connectivity index (χ3v) is 4.22. The van der Waals surface area contributed by atoms with Crippen LogP contribution in [0.1, 0.15) is 11.1 Å². The van der Waals surface area contributed by atoms with E-state index in [4.69, 9.17) is 5.11 Å². The Hall–Kier alpha value is -2.48. The van der Waals surface area contributed by atoms with Gasteiger partial charge in [0.1, 0.15) is 5.82 Å². The van der Waals surface area contributed by atoms with E-state index in [9.17, 15) is 22.0 Å². The van der Waals surface area contributed by atoms with Crippen LogP contribution < -0.4 is 4.72 Å². The number of carbonyl (C=O) groups is 1. The van der Waals surface area contributed by atoms with Crippen molar-refractivity contribution in [2.24, 2.45) is 0 Å². The van der Waals surface area contributed by atoms with E-state index in [1.54, 1.807) is 30.3 Å². The van der Waals surface area contributed by atoms with Crippen LogP contribution in [0.2, 0.25) is 0 Å². The van der Waals surface area contributed by atoms with Crippen LogP contribution in [0, 0.1) is 11.6 Å². The van der Waals surface area contributed by atoms with Crippen molar-refractivity contribution in [3.63, 3.8) is 0 Å². The predicted molar refractivity (Wildman–Crippen MR) is 80.4 cm³/mol. The van der Waals surface area contributed by atoms with Crippen molar-refractivity contribution in [3.8, 4) is 0 Å². The molecular formula is C15H13F2NO4S. The summed E-state index contributed by atoms with van der Waals surface area (Å²) in [6.07, 6.45) is -0.883. The van der Waals surface area contributed by atoms with Crippen molar-refractivity contribution >= 4 is 21.7 Å². The summed E-state index contributed by atoms with van der Waals surface area (Å²) in [5.74, 6) is -4.09. The minimum absolute atomic E-state index is 0.390. The van der Waals surface area contributed by atoms with E-state index >= 15 is 0 Å². The molecule has 0 saturated heterocycles. The van der Waals surface area contributed by atoms with Gasteiger partial charge in [-0.15, -0.1) is 0 Å². The first-order chi connectivity index (χ1) is 10.8. The van der Waals surface area contributed by atoms with Gasteiger partial charge in [0.05, 0.1) is 17.9 Å². The zero-order chi connectivity index (χ0) is 17.0. The number of halogens is 2. The highest BCUT2D eigenvalue weighted by Gasteiger charge is 2.20. The highest BCUT2D eigenvalue weighted by Crippen LogP contribution is 2.23. The maximum Gasteiger partial charge on any atom is 0.308 e. The molecule has 2 aromatic rings. The Bertz CT molecular complexity index is 823. The maximum absolute atomic E-state index is 14.1. The van der Waals surface area contributed by atoms with Crippen molar-refractivity contribution in [2.45, 2.75) is 12.2 Å². The zero-order valence-corrected chi connectivity index (χ0v) is 12.6. The molecule has 23 heavy (non-hydrogen) atoms. The van der Waals surface area contributed by atoms with Crippen LogP contribution in [0.25, 0.3) is 0 Å². The normalized spacial score (nSPS) is 11.2. The molecular weight excluding hydrogens is 328 g/mol. The Balaban J connectivity index is 2.27. The lowest BCUT2D eigenvalue weighted by Crippen LogP contribution is -2.17. The molecule has 0 spiro atoms. The lowest BCUT2D eigenvalue weighted by molar-refractivity contribution is -0.136. The average Bonchev–Trinajstić information content (AvgIpc) is 2.47. The summed E-state index contributed by atoms with van der Waals surface area (Å²) in [5.41, 5.74) is -0.690. The molecule has 8 heteroatoms. The summed E-state index contributed by atoms with van der Waals surface area (Å²) in [6, 6.07) is 9.97.